The average molecular weight is 399 g/mol. The number of methoxy groups -OCH3 is 1. The van der Waals surface area contributed by atoms with Gasteiger partial charge in [0.25, 0.3) is 0 Å². The number of hydrogen-bond acceptors (Lipinski definition) is 4. The van der Waals surface area contributed by atoms with E-state index >= 15 is 0 Å². The quantitative estimate of drug-likeness (QED) is 0.538. The van der Waals surface area contributed by atoms with Gasteiger partial charge in [-0.3, -0.25) is 4.98 Å². The van der Waals surface area contributed by atoms with Crippen LogP contribution >= 0.6 is 0 Å². The summed E-state index contributed by atoms with van der Waals surface area (Å²) in [7, 11) is 1.66. The van der Waals surface area contributed by atoms with Crippen molar-refractivity contribution in [2.24, 2.45) is 0 Å². The summed E-state index contributed by atoms with van der Waals surface area (Å²) < 4.78 is 11.9. The molecule has 0 amide bonds. The molecule has 0 saturated carbocycles. The van der Waals surface area contributed by atoms with Gasteiger partial charge in [0.05, 0.1) is 18.7 Å². The van der Waals surface area contributed by atoms with E-state index in [2.05, 4.69) is 19.1 Å². The van der Waals surface area contributed by atoms with Crippen molar-refractivity contribution in [3.8, 4) is 28.7 Å². The second-order valence-corrected chi connectivity index (χ2v) is 7.58. The Hall–Kier alpha value is -3.32. The minimum absolute atomic E-state index is 0.468. The number of hydrogen-bond donors (Lipinski definition) is 0. The van der Waals surface area contributed by atoms with Crippen LogP contribution in [0.3, 0.4) is 0 Å². The van der Waals surface area contributed by atoms with Crippen LogP contribution in [0.15, 0.2) is 48.5 Å². The van der Waals surface area contributed by atoms with E-state index in [1.807, 2.05) is 42.5 Å². The first-order valence-corrected chi connectivity index (χ1v) is 10.5. The van der Waals surface area contributed by atoms with Crippen molar-refractivity contribution in [1.29, 1.82) is 5.26 Å². The van der Waals surface area contributed by atoms with Gasteiger partial charge >= 0.3 is 0 Å². The van der Waals surface area contributed by atoms with Crippen LogP contribution in [0.25, 0.3) is 11.1 Å². The zero-order valence-electron chi connectivity index (χ0n) is 17.6. The summed E-state index contributed by atoms with van der Waals surface area (Å²) in [5, 5.41) is 9.43. The molecule has 4 nitrogen and oxygen atoms in total. The SMILES string of the molecule is CCc1cc(OCc2ccc(-c3ccccc3C#N)c(OC)c2)c2c(n1)CCCC2. The van der Waals surface area contributed by atoms with Crippen LogP contribution in [-0.2, 0) is 25.9 Å². The predicted molar refractivity (Wildman–Crippen MR) is 118 cm³/mol. The normalized spacial score (nSPS) is 12.7. The molecule has 0 bridgehead atoms. The summed E-state index contributed by atoms with van der Waals surface area (Å²) in [5.41, 5.74) is 7.01. The van der Waals surface area contributed by atoms with Crippen molar-refractivity contribution in [1.82, 2.24) is 4.98 Å². The molecule has 0 N–H and O–H groups in total. The monoisotopic (exact) mass is 398 g/mol. The Kier molecular flexibility index (Phi) is 5.99. The van der Waals surface area contributed by atoms with Gasteiger partial charge in [0, 0.05) is 34.1 Å². The number of aromatic nitrogens is 1. The molecule has 0 radical (unpaired) electrons. The lowest BCUT2D eigenvalue weighted by Crippen LogP contribution is -2.10. The Balaban J connectivity index is 1.60. The zero-order chi connectivity index (χ0) is 20.9. The molecule has 4 rings (SSSR count). The number of aryl methyl sites for hydroxylation is 2. The molecule has 1 aliphatic carbocycles. The Bertz CT molecular complexity index is 1100. The summed E-state index contributed by atoms with van der Waals surface area (Å²) in [4.78, 5) is 4.81. The first-order chi connectivity index (χ1) is 14.7. The van der Waals surface area contributed by atoms with Crippen LogP contribution in [0.2, 0.25) is 0 Å². The highest BCUT2D eigenvalue weighted by Gasteiger charge is 2.17. The Morgan fingerprint density at radius 1 is 1.00 bits per heavy atom. The van der Waals surface area contributed by atoms with Crippen molar-refractivity contribution in [3.05, 3.63) is 76.6 Å². The van der Waals surface area contributed by atoms with Gasteiger partial charge in [-0.2, -0.15) is 5.26 Å². The maximum atomic E-state index is 9.43. The minimum atomic E-state index is 0.468. The average Bonchev–Trinajstić information content (AvgIpc) is 2.82. The van der Waals surface area contributed by atoms with Crippen LogP contribution in [0.1, 0.15) is 47.8 Å². The molecule has 0 spiro atoms. The fourth-order valence-corrected chi connectivity index (χ4v) is 4.06. The number of pyridine rings is 1. The largest absolute Gasteiger partial charge is 0.496 e. The smallest absolute Gasteiger partial charge is 0.127 e. The Morgan fingerprint density at radius 3 is 2.63 bits per heavy atom. The van der Waals surface area contributed by atoms with E-state index < -0.39 is 0 Å². The number of nitrogens with zero attached hydrogens (tertiary/aromatic N) is 2. The molecule has 30 heavy (non-hydrogen) atoms. The fourth-order valence-electron chi connectivity index (χ4n) is 4.06. The highest BCUT2D eigenvalue weighted by atomic mass is 16.5. The minimum Gasteiger partial charge on any atom is -0.496 e. The van der Waals surface area contributed by atoms with E-state index in [4.69, 9.17) is 14.5 Å². The molecule has 0 saturated heterocycles. The molecule has 0 fully saturated rings. The van der Waals surface area contributed by atoms with Gasteiger partial charge in [-0.15, -0.1) is 0 Å². The van der Waals surface area contributed by atoms with Gasteiger partial charge in [-0.05, 0) is 49.8 Å². The molecule has 0 atom stereocenters. The molecule has 152 valence electrons. The lowest BCUT2D eigenvalue weighted by molar-refractivity contribution is 0.299. The Labute approximate surface area is 178 Å². The summed E-state index contributed by atoms with van der Waals surface area (Å²) >= 11 is 0. The van der Waals surface area contributed by atoms with Crippen molar-refractivity contribution < 1.29 is 9.47 Å². The maximum absolute atomic E-state index is 9.43. The van der Waals surface area contributed by atoms with Gasteiger partial charge in [0.15, 0.2) is 0 Å². The van der Waals surface area contributed by atoms with Crippen molar-refractivity contribution >= 4 is 0 Å². The van der Waals surface area contributed by atoms with Crippen LogP contribution < -0.4 is 9.47 Å². The molecular formula is C26H26N2O2. The summed E-state index contributed by atoms with van der Waals surface area (Å²) in [6, 6.07) is 18.0. The molecule has 1 aromatic heterocycles. The van der Waals surface area contributed by atoms with Crippen LogP contribution in [0.4, 0.5) is 0 Å². The highest BCUT2D eigenvalue weighted by molar-refractivity contribution is 5.76. The second kappa shape index (κ2) is 9.00. The lowest BCUT2D eigenvalue weighted by atomic mass is 9.94. The second-order valence-electron chi connectivity index (χ2n) is 7.58. The van der Waals surface area contributed by atoms with E-state index in [9.17, 15) is 5.26 Å². The van der Waals surface area contributed by atoms with E-state index in [-0.39, 0.29) is 0 Å². The number of nitriles is 1. The highest BCUT2D eigenvalue weighted by Crippen LogP contribution is 2.34. The number of ether oxygens (including phenoxy) is 2. The predicted octanol–water partition coefficient (Wildman–Crippen LogP) is 5.65. The third-order valence-electron chi connectivity index (χ3n) is 5.67. The fraction of sp³-hybridized carbons (Fsp3) is 0.308. The van der Waals surface area contributed by atoms with E-state index in [0.29, 0.717) is 12.2 Å². The van der Waals surface area contributed by atoms with Gasteiger partial charge in [-0.25, -0.2) is 0 Å². The van der Waals surface area contributed by atoms with Crippen molar-refractivity contribution in [3.63, 3.8) is 0 Å². The van der Waals surface area contributed by atoms with Crippen LogP contribution in [0, 0.1) is 11.3 Å². The lowest BCUT2D eigenvalue weighted by Gasteiger charge is -2.20. The van der Waals surface area contributed by atoms with Gasteiger partial charge in [-0.1, -0.05) is 37.3 Å². The third-order valence-corrected chi connectivity index (χ3v) is 5.67. The Morgan fingerprint density at radius 2 is 1.83 bits per heavy atom. The summed E-state index contributed by atoms with van der Waals surface area (Å²) in [6.07, 6.45) is 5.38. The topological polar surface area (TPSA) is 55.1 Å². The van der Waals surface area contributed by atoms with E-state index in [1.54, 1.807) is 7.11 Å². The molecule has 1 heterocycles. The molecule has 0 aliphatic heterocycles. The molecule has 3 aromatic rings. The van der Waals surface area contributed by atoms with Gasteiger partial charge in [0.1, 0.15) is 18.1 Å². The van der Waals surface area contributed by atoms with Crippen LogP contribution in [-0.4, -0.2) is 12.1 Å². The summed E-state index contributed by atoms with van der Waals surface area (Å²) in [5.74, 6) is 1.71. The van der Waals surface area contributed by atoms with Gasteiger partial charge in [0.2, 0.25) is 0 Å². The summed E-state index contributed by atoms with van der Waals surface area (Å²) in [6.45, 7) is 2.60. The molecular weight excluding hydrogens is 372 g/mol. The number of benzene rings is 2. The molecule has 2 aromatic carbocycles. The third kappa shape index (κ3) is 4.02. The van der Waals surface area contributed by atoms with Crippen molar-refractivity contribution in [2.45, 2.75) is 45.6 Å². The van der Waals surface area contributed by atoms with E-state index in [0.717, 1.165) is 53.1 Å². The molecule has 1 aliphatic rings. The van der Waals surface area contributed by atoms with Crippen LogP contribution in [0.5, 0.6) is 11.5 Å². The number of fused-ring (bicyclic) bond motifs is 1. The molecule has 0 unspecified atom stereocenters. The standard InChI is InChI=1S/C26H26N2O2/c1-3-20-15-26(23-10-6-7-11-24(23)28-20)30-17-18-12-13-22(25(14-18)29-2)21-9-5-4-8-19(21)16-27/h4-5,8-9,12-15H,3,6-7,10-11,17H2,1-2H3. The maximum Gasteiger partial charge on any atom is 0.127 e. The molecule has 4 heteroatoms. The first kappa shape index (κ1) is 20.0. The van der Waals surface area contributed by atoms with E-state index in [1.165, 1.54) is 24.1 Å². The van der Waals surface area contributed by atoms with Gasteiger partial charge < -0.3 is 9.47 Å². The first-order valence-electron chi connectivity index (χ1n) is 10.5. The number of rotatable bonds is 6. The zero-order valence-corrected chi connectivity index (χ0v) is 17.6. The van der Waals surface area contributed by atoms with Crippen molar-refractivity contribution in [2.75, 3.05) is 7.11 Å².